The van der Waals surface area contributed by atoms with Gasteiger partial charge in [-0.3, -0.25) is 9.59 Å². The van der Waals surface area contributed by atoms with Crippen LogP contribution in [0, 0.1) is 0 Å². The number of carbonyl (C=O) groups excluding carboxylic acids is 1. The van der Waals surface area contributed by atoms with Crippen molar-refractivity contribution in [2.75, 3.05) is 32.9 Å². The molecule has 1 aliphatic heterocycles. The van der Waals surface area contributed by atoms with Crippen LogP contribution in [0.1, 0.15) is 5.56 Å². The molecule has 0 saturated carbocycles. The Balaban J connectivity index is 1.43. The molecular weight excluding hydrogens is 560 g/mol. The number of carbonyl (C=O) groups is 1. The number of hydrogen-bond donors (Lipinski definition) is 0. The van der Waals surface area contributed by atoms with Crippen molar-refractivity contribution in [1.29, 1.82) is 0 Å². The third-order valence-corrected chi connectivity index (χ3v) is 6.70. The molecule has 0 aliphatic carbocycles. The quantitative estimate of drug-likeness (QED) is 0.311. The number of para-hydroxylation sites is 1. The van der Waals surface area contributed by atoms with Crippen molar-refractivity contribution >= 4 is 50.6 Å². The average Bonchev–Trinajstić information content (AvgIpc) is 2.93. The molecule has 1 fully saturated rings. The van der Waals surface area contributed by atoms with Gasteiger partial charge in [0.05, 0.1) is 39.8 Å². The van der Waals surface area contributed by atoms with Gasteiger partial charge in [-0.15, -0.1) is 0 Å². The summed E-state index contributed by atoms with van der Waals surface area (Å²) in [6.07, 6.45) is 1.53. The first kappa shape index (κ1) is 25.1. The minimum atomic E-state index is -0.285. The molecule has 3 aromatic carbocycles. The van der Waals surface area contributed by atoms with Crippen LogP contribution in [-0.2, 0) is 9.53 Å². The Morgan fingerprint density at radius 1 is 1.11 bits per heavy atom. The zero-order chi connectivity index (χ0) is 25.8. The summed E-state index contributed by atoms with van der Waals surface area (Å²) in [5, 5.41) is 5.24. The van der Waals surface area contributed by atoms with Gasteiger partial charge in [0.2, 0.25) is 0 Å². The second kappa shape index (κ2) is 11.2. The van der Waals surface area contributed by atoms with E-state index in [1.807, 2.05) is 36.4 Å². The van der Waals surface area contributed by atoms with E-state index in [2.05, 4.69) is 21.0 Å². The number of nitrogens with zero attached hydrogens (tertiary/aromatic N) is 4. The summed E-state index contributed by atoms with van der Waals surface area (Å²) in [5.41, 5.74) is 1.70. The Bertz CT molecular complexity index is 1510. The predicted octanol–water partition coefficient (Wildman–Crippen LogP) is 4.60. The van der Waals surface area contributed by atoms with Gasteiger partial charge in [0.15, 0.2) is 18.2 Å². The molecule has 1 saturated heterocycles. The summed E-state index contributed by atoms with van der Waals surface area (Å²) in [6.45, 7) is 1.99. The third-order valence-electron chi connectivity index (χ3n) is 5.83. The standard InChI is InChI=1S/C27H22BrClN4O4/c28-21-14-18(15-22(29)25(21)37-17-24(34)32-10-12-36-13-11-32)16-30-33-26(19-6-2-1-3-7-19)31-23-9-5-4-8-20(23)27(33)35/h1-9,14-16H,10-13,17H2. The normalized spacial score (nSPS) is 13.8. The van der Waals surface area contributed by atoms with Crippen LogP contribution < -0.4 is 10.3 Å². The lowest BCUT2D eigenvalue weighted by Crippen LogP contribution is -2.43. The van der Waals surface area contributed by atoms with E-state index in [1.54, 1.807) is 35.2 Å². The second-order valence-electron chi connectivity index (χ2n) is 8.28. The van der Waals surface area contributed by atoms with Crippen LogP contribution in [0.2, 0.25) is 5.02 Å². The van der Waals surface area contributed by atoms with Gasteiger partial charge in [-0.1, -0.05) is 54.1 Å². The van der Waals surface area contributed by atoms with Crippen molar-refractivity contribution in [3.8, 4) is 17.1 Å². The van der Waals surface area contributed by atoms with Gasteiger partial charge < -0.3 is 14.4 Å². The van der Waals surface area contributed by atoms with Crippen LogP contribution in [-0.4, -0.2) is 59.6 Å². The summed E-state index contributed by atoms with van der Waals surface area (Å²) in [7, 11) is 0. The molecular formula is C27H22BrClN4O4. The van der Waals surface area contributed by atoms with Crippen molar-refractivity contribution in [2.24, 2.45) is 5.10 Å². The maximum atomic E-state index is 13.3. The molecule has 4 aromatic rings. The largest absolute Gasteiger partial charge is 0.481 e. The van der Waals surface area contributed by atoms with Gasteiger partial charge in [0.1, 0.15) is 0 Å². The number of aromatic nitrogens is 2. The van der Waals surface area contributed by atoms with E-state index in [1.165, 1.54) is 10.9 Å². The summed E-state index contributed by atoms with van der Waals surface area (Å²) in [6, 6.07) is 20.0. The Hall–Kier alpha value is -3.53. The van der Waals surface area contributed by atoms with E-state index in [4.69, 9.17) is 26.1 Å². The highest BCUT2D eigenvalue weighted by molar-refractivity contribution is 9.10. The first-order valence-electron chi connectivity index (χ1n) is 11.6. The molecule has 0 bridgehead atoms. The van der Waals surface area contributed by atoms with Crippen molar-refractivity contribution in [3.05, 3.63) is 92.1 Å². The first-order chi connectivity index (χ1) is 18.0. The minimum Gasteiger partial charge on any atom is -0.481 e. The molecule has 0 N–H and O–H groups in total. The van der Waals surface area contributed by atoms with Crippen molar-refractivity contribution in [2.45, 2.75) is 0 Å². The van der Waals surface area contributed by atoms with Crippen molar-refractivity contribution in [1.82, 2.24) is 14.6 Å². The maximum absolute atomic E-state index is 13.3. The van der Waals surface area contributed by atoms with Gasteiger partial charge in [-0.25, -0.2) is 4.98 Å². The monoisotopic (exact) mass is 580 g/mol. The number of rotatable bonds is 6. The Labute approximate surface area is 226 Å². The fraction of sp³-hybridized carbons (Fsp3) is 0.185. The van der Waals surface area contributed by atoms with Gasteiger partial charge in [-0.2, -0.15) is 9.78 Å². The molecule has 0 atom stereocenters. The van der Waals surface area contributed by atoms with Crippen LogP contribution in [0.5, 0.6) is 5.75 Å². The number of hydrogen-bond acceptors (Lipinski definition) is 6. The van der Waals surface area contributed by atoms with Crippen LogP contribution in [0.15, 0.2) is 81.1 Å². The van der Waals surface area contributed by atoms with Gasteiger partial charge in [0.25, 0.3) is 11.5 Å². The van der Waals surface area contributed by atoms with E-state index in [-0.39, 0.29) is 18.1 Å². The molecule has 0 unspecified atom stereocenters. The highest BCUT2D eigenvalue weighted by Gasteiger charge is 2.19. The van der Waals surface area contributed by atoms with Crippen molar-refractivity contribution < 1.29 is 14.3 Å². The fourth-order valence-electron chi connectivity index (χ4n) is 3.96. The number of fused-ring (bicyclic) bond motifs is 1. The number of amides is 1. The molecule has 8 nitrogen and oxygen atoms in total. The lowest BCUT2D eigenvalue weighted by molar-refractivity contribution is -0.137. The lowest BCUT2D eigenvalue weighted by Gasteiger charge is -2.26. The molecule has 0 radical (unpaired) electrons. The number of benzene rings is 3. The number of ether oxygens (including phenoxy) is 2. The third kappa shape index (κ3) is 5.58. The predicted molar refractivity (Wildman–Crippen MR) is 146 cm³/mol. The van der Waals surface area contributed by atoms with Crippen LogP contribution in [0.3, 0.4) is 0 Å². The molecule has 10 heteroatoms. The SMILES string of the molecule is O=C(COc1c(Cl)cc(C=Nn2c(-c3ccccc3)nc3ccccc3c2=O)cc1Br)N1CCOCC1. The highest BCUT2D eigenvalue weighted by Crippen LogP contribution is 2.34. The zero-order valence-electron chi connectivity index (χ0n) is 19.6. The summed E-state index contributed by atoms with van der Waals surface area (Å²) >= 11 is 9.95. The molecule has 188 valence electrons. The summed E-state index contributed by atoms with van der Waals surface area (Å²) < 4.78 is 12.8. The lowest BCUT2D eigenvalue weighted by atomic mass is 10.2. The van der Waals surface area contributed by atoms with Crippen molar-refractivity contribution in [3.63, 3.8) is 0 Å². The average molecular weight is 582 g/mol. The molecule has 1 aliphatic rings. The second-order valence-corrected chi connectivity index (χ2v) is 9.54. The Morgan fingerprint density at radius 3 is 2.59 bits per heavy atom. The fourth-order valence-corrected chi connectivity index (χ4v) is 4.95. The molecule has 0 spiro atoms. The molecule has 5 rings (SSSR count). The zero-order valence-corrected chi connectivity index (χ0v) is 22.0. The van der Waals surface area contributed by atoms with Crippen LogP contribution in [0.25, 0.3) is 22.3 Å². The van der Waals surface area contributed by atoms with E-state index < -0.39 is 0 Å². The van der Waals surface area contributed by atoms with E-state index >= 15 is 0 Å². The molecule has 2 heterocycles. The molecule has 1 amide bonds. The van der Waals surface area contributed by atoms with E-state index in [0.29, 0.717) is 63.8 Å². The Kier molecular flexibility index (Phi) is 7.64. The van der Waals surface area contributed by atoms with E-state index in [0.717, 1.165) is 5.56 Å². The number of morpholine rings is 1. The summed E-state index contributed by atoms with van der Waals surface area (Å²) in [4.78, 5) is 32.1. The van der Waals surface area contributed by atoms with E-state index in [9.17, 15) is 9.59 Å². The smallest absolute Gasteiger partial charge is 0.282 e. The molecule has 37 heavy (non-hydrogen) atoms. The van der Waals surface area contributed by atoms with Gasteiger partial charge in [-0.05, 0) is 45.8 Å². The molecule has 1 aromatic heterocycles. The maximum Gasteiger partial charge on any atom is 0.282 e. The first-order valence-corrected chi connectivity index (χ1v) is 12.8. The van der Waals surface area contributed by atoms with Crippen LogP contribution in [0.4, 0.5) is 0 Å². The van der Waals surface area contributed by atoms with Gasteiger partial charge >= 0.3 is 0 Å². The highest BCUT2D eigenvalue weighted by atomic mass is 79.9. The van der Waals surface area contributed by atoms with Crippen LogP contribution >= 0.6 is 27.5 Å². The topological polar surface area (TPSA) is 86.0 Å². The van der Waals surface area contributed by atoms with Gasteiger partial charge in [0, 0.05) is 18.7 Å². The number of halogens is 2. The Morgan fingerprint density at radius 2 is 1.84 bits per heavy atom. The minimum absolute atomic E-state index is 0.131. The summed E-state index contributed by atoms with van der Waals surface area (Å²) in [5.74, 6) is 0.649.